The van der Waals surface area contributed by atoms with E-state index in [1.54, 1.807) is 11.3 Å². The van der Waals surface area contributed by atoms with Crippen molar-refractivity contribution in [2.75, 3.05) is 4.90 Å². The van der Waals surface area contributed by atoms with Gasteiger partial charge in [0.05, 0.1) is 8.07 Å². The summed E-state index contributed by atoms with van der Waals surface area (Å²) in [5, 5.41) is 11.8. The van der Waals surface area contributed by atoms with Crippen LogP contribution in [-0.2, 0) is 26.5 Å². The summed E-state index contributed by atoms with van der Waals surface area (Å²) >= 11 is 1.76. The Hall–Kier alpha value is -4.65. The van der Waals surface area contributed by atoms with E-state index < -0.39 is 8.07 Å². The molecule has 1 atom stereocenters. The molecule has 0 radical (unpaired) electrons. The molecule has 8 aromatic rings. The predicted molar refractivity (Wildman–Crippen MR) is 257 cm³/mol. The zero-order chi connectivity index (χ0) is 41.6. The number of para-hydroxylation sites is 1. The number of hydrogen-bond acceptors (Lipinski definition) is 4. The standard InChI is InChI=1S/C35H31N3S.C18H24NSi.Ir/c1-20(2)25-12-8-13-26(21(3)4)32(25)38-31-19-24-11-7-6-10-23(24)18-30(31)37-34(38)29-15-9-14-27-28-17-16-22(5)36-35(28)39-33(27)29;1-14(2)11-16-12-17(15-9-7-6-8-10-15)19-13-18(16)20(3,4)5;/h6-14,16-21,34H,1-5H3;6-9,12-14H,11H2,1-5H3;/q-2;-1;+3. The summed E-state index contributed by atoms with van der Waals surface area (Å²) in [6, 6.07) is 45.8. The van der Waals surface area contributed by atoms with Crippen molar-refractivity contribution in [1.82, 2.24) is 9.97 Å². The summed E-state index contributed by atoms with van der Waals surface area (Å²) in [4.78, 5) is 13.1. The van der Waals surface area contributed by atoms with Crippen molar-refractivity contribution in [3.05, 3.63) is 161 Å². The number of fused-ring (bicyclic) bond motifs is 5. The summed E-state index contributed by atoms with van der Waals surface area (Å²) in [6.45, 7) is 23.0. The molecule has 4 heterocycles. The second-order valence-electron chi connectivity index (χ2n) is 18.0. The summed E-state index contributed by atoms with van der Waals surface area (Å²) in [7, 11) is -1.34. The van der Waals surface area contributed by atoms with E-state index in [9.17, 15) is 0 Å². The molecule has 306 valence electrons. The first-order valence-electron chi connectivity index (χ1n) is 21.1. The van der Waals surface area contributed by atoms with E-state index in [2.05, 4.69) is 187 Å². The molecule has 3 aromatic heterocycles. The van der Waals surface area contributed by atoms with Crippen LogP contribution in [-0.4, -0.2) is 18.0 Å². The number of pyridine rings is 2. The zero-order valence-electron chi connectivity index (χ0n) is 36.5. The van der Waals surface area contributed by atoms with Gasteiger partial charge in [0, 0.05) is 23.3 Å². The fourth-order valence-electron chi connectivity index (χ4n) is 8.47. The van der Waals surface area contributed by atoms with E-state index in [1.165, 1.54) is 53.8 Å². The minimum atomic E-state index is -1.34. The Labute approximate surface area is 375 Å². The van der Waals surface area contributed by atoms with Crippen LogP contribution < -0.4 is 10.1 Å². The molecule has 1 aliphatic rings. The maximum absolute atomic E-state index is 5.45. The molecule has 4 nitrogen and oxygen atoms in total. The molecule has 0 saturated carbocycles. The molecule has 0 N–H and O–H groups in total. The second kappa shape index (κ2) is 17.7. The Morgan fingerprint density at radius 1 is 0.767 bits per heavy atom. The van der Waals surface area contributed by atoms with Crippen LogP contribution >= 0.6 is 11.3 Å². The number of hydrogen-bond donors (Lipinski definition) is 0. The number of anilines is 2. The number of benzene rings is 5. The summed E-state index contributed by atoms with van der Waals surface area (Å²) in [6.07, 6.45) is 3.02. The van der Waals surface area contributed by atoms with Crippen molar-refractivity contribution in [2.24, 2.45) is 5.92 Å². The molecular weight excluding hydrogens is 945 g/mol. The monoisotopic (exact) mass is 1000 g/mol. The van der Waals surface area contributed by atoms with Crippen LogP contribution in [0.25, 0.3) is 47.6 Å². The molecule has 5 aromatic carbocycles. The average molecular weight is 1000 g/mol. The van der Waals surface area contributed by atoms with Crippen molar-refractivity contribution in [3.8, 4) is 11.3 Å². The van der Waals surface area contributed by atoms with E-state index in [-0.39, 0.29) is 26.3 Å². The van der Waals surface area contributed by atoms with Crippen molar-refractivity contribution >= 4 is 72.7 Å². The van der Waals surface area contributed by atoms with Crippen LogP contribution in [0.2, 0.25) is 19.6 Å². The molecule has 1 aliphatic heterocycles. The quantitative estimate of drug-likeness (QED) is 0.113. The summed E-state index contributed by atoms with van der Waals surface area (Å²) in [5.74, 6) is 1.42. The van der Waals surface area contributed by atoms with Crippen molar-refractivity contribution in [3.63, 3.8) is 0 Å². The van der Waals surface area contributed by atoms with Crippen molar-refractivity contribution < 1.29 is 20.1 Å². The molecule has 0 spiro atoms. The molecule has 0 fully saturated rings. The maximum atomic E-state index is 5.45. The number of thiophene rings is 1. The second-order valence-corrected chi connectivity index (χ2v) is 24.1. The number of nitrogens with zero attached hydrogens (tertiary/aromatic N) is 4. The van der Waals surface area contributed by atoms with Gasteiger partial charge in [0.15, 0.2) is 0 Å². The third-order valence-electron chi connectivity index (χ3n) is 11.3. The largest absolute Gasteiger partial charge is 3.00 e. The minimum Gasteiger partial charge on any atom is -0.661 e. The van der Waals surface area contributed by atoms with E-state index >= 15 is 0 Å². The third kappa shape index (κ3) is 8.60. The van der Waals surface area contributed by atoms with Gasteiger partial charge in [0.2, 0.25) is 0 Å². The average Bonchev–Trinajstić information content (AvgIpc) is 3.76. The van der Waals surface area contributed by atoms with Crippen LogP contribution in [0.4, 0.5) is 17.1 Å². The molecule has 60 heavy (non-hydrogen) atoms. The first kappa shape index (κ1) is 43.4. The van der Waals surface area contributed by atoms with Crippen LogP contribution in [0.3, 0.4) is 0 Å². The van der Waals surface area contributed by atoms with Gasteiger partial charge in [-0.2, -0.15) is 29.5 Å². The van der Waals surface area contributed by atoms with E-state index in [4.69, 9.17) is 10.3 Å². The number of aryl methyl sites for hydroxylation is 1. The van der Waals surface area contributed by atoms with E-state index in [0.29, 0.717) is 17.8 Å². The topological polar surface area (TPSA) is 43.1 Å². The molecule has 0 bridgehead atoms. The Morgan fingerprint density at radius 2 is 1.47 bits per heavy atom. The van der Waals surface area contributed by atoms with Gasteiger partial charge in [-0.3, -0.25) is 0 Å². The van der Waals surface area contributed by atoms with E-state index in [1.807, 2.05) is 18.2 Å². The Bertz CT molecular complexity index is 2760. The predicted octanol–water partition coefficient (Wildman–Crippen LogP) is 15.1. The van der Waals surface area contributed by atoms with Crippen LogP contribution in [0, 0.1) is 25.0 Å². The Kier molecular flexibility index (Phi) is 12.8. The van der Waals surface area contributed by atoms with Gasteiger partial charge in [0.25, 0.3) is 0 Å². The van der Waals surface area contributed by atoms with Gasteiger partial charge in [-0.05, 0) is 87.6 Å². The minimum absolute atomic E-state index is 0. The van der Waals surface area contributed by atoms with Gasteiger partial charge in [0.1, 0.15) is 4.83 Å². The third-order valence-corrected chi connectivity index (χ3v) is 14.5. The fourth-order valence-corrected chi connectivity index (χ4v) is 11.3. The van der Waals surface area contributed by atoms with Crippen molar-refractivity contribution in [2.45, 2.75) is 92.5 Å². The maximum Gasteiger partial charge on any atom is 3.00 e. The van der Waals surface area contributed by atoms with Gasteiger partial charge >= 0.3 is 20.1 Å². The molecule has 9 rings (SSSR count). The first-order valence-corrected chi connectivity index (χ1v) is 25.4. The molecule has 7 heteroatoms. The van der Waals surface area contributed by atoms with Gasteiger partial charge in [-0.1, -0.05) is 132 Å². The fraction of sp³-hybridized carbons (Fsp3) is 0.283. The number of aromatic nitrogens is 2. The van der Waals surface area contributed by atoms with Gasteiger partial charge in [-0.25, -0.2) is 4.98 Å². The smallest absolute Gasteiger partial charge is 0.661 e. The molecule has 1 unspecified atom stereocenters. The van der Waals surface area contributed by atoms with Crippen molar-refractivity contribution in [1.29, 1.82) is 0 Å². The molecular formula is C53H55IrN4SSi. The van der Waals surface area contributed by atoms with Crippen LogP contribution in [0.1, 0.15) is 87.5 Å². The SMILES string of the molecule is CC(C)Cc1cc(-c2[c-]cccc2)ncc1[Si](C)(C)C.Cc1ccc2c(n1)sc1c(C3[N-]c4cc5ccccc5cc4N3c3c(C(C)C)cccc3C(C)C)[c-]ccc12.[Ir+3]. The van der Waals surface area contributed by atoms with Crippen LogP contribution in [0.5, 0.6) is 0 Å². The zero-order valence-corrected chi connectivity index (χ0v) is 40.7. The summed E-state index contributed by atoms with van der Waals surface area (Å²) < 4.78 is 1.22. The number of rotatable bonds is 8. The molecule has 0 aliphatic carbocycles. The Morgan fingerprint density at radius 3 is 2.12 bits per heavy atom. The Balaban J connectivity index is 0.000000220. The molecule has 0 amide bonds. The normalized spacial score (nSPS) is 13.8. The van der Waals surface area contributed by atoms with Gasteiger partial charge in [-0.15, -0.1) is 52.5 Å². The summed E-state index contributed by atoms with van der Waals surface area (Å²) in [5.41, 5.74) is 11.9. The van der Waals surface area contributed by atoms with E-state index in [0.717, 1.165) is 45.1 Å². The van der Waals surface area contributed by atoms with Crippen LogP contribution in [0.15, 0.2) is 115 Å². The van der Waals surface area contributed by atoms with Gasteiger partial charge < -0.3 is 15.2 Å². The molecule has 0 saturated heterocycles. The first-order chi connectivity index (χ1) is 28.3.